The number of aromatic nitrogens is 2. The highest BCUT2D eigenvalue weighted by atomic mass is 16.5. The molecule has 0 radical (unpaired) electrons. The molecule has 1 aliphatic heterocycles. The van der Waals surface area contributed by atoms with Crippen LogP contribution in [0.2, 0.25) is 0 Å². The third kappa shape index (κ3) is 3.10. The summed E-state index contributed by atoms with van der Waals surface area (Å²) in [6.45, 7) is 1.18. The van der Waals surface area contributed by atoms with Crippen molar-refractivity contribution in [1.82, 2.24) is 9.97 Å². The molecule has 98 valence electrons. The van der Waals surface area contributed by atoms with Crippen LogP contribution < -0.4 is 0 Å². The van der Waals surface area contributed by atoms with E-state index < -0.39 is 0 Å². The van der Waals surface area contributed by atoms with Gasteiger partial charge in [-0.25, -0.2) is 4.98 Å². The summed E-state index contributed by atoms with van der Waals surface area (Å²) in [7, 11) is 0. The van der Waals surface area contributed by atoms with Crippen LogP contribution >= 0.6 is 0 Å². The van der Waals surface area contributed by atoms with Gasteiger partial charge in [-0.15, -0.1) is 0 Å². The number of hydrogen-bond donors (Lipinski definition) is 1. The number of nitrogens with one attached hydrogen (secondary N) is 1. The fraction of sp³-hybridized carbons (Fsp3) is 0.267. The first kappa shape index (κ1) is 12.1. The molecule has 0 bridgehead atoms. The standard InChI is InChI=1S/C15H16N2O2/c1-2-4-12(5-3-1)9-18-10-13-6-7-15(19-13)14-8-16-11-17-14/h1-8,11,13,15H,9-10H2,(H,16,17)/t13-,15-/m0/s1. The van der Waals surface area contributed by atoms with Gasteiger partial charge < -0.3 is 14.5 Å². The average Bonchev–Trinajstić information content (AvgIpc) is 3.10. The summed E-state index contributed by atoms with van der Waals surface area (Å²) in [6.07, 6.45) is 7.49. The second-order valence-electron chi connectivity index (χ2n) is 4.49. The molecule has 19 heavy (non-hydrogen) atoms. The van der Waals surface area contributed by atoms with Gasteiger partial charge in [-0.3, -0.25) is 0 Å². The number of ether oxygens (including phenoxy) is 2. The van der Waals surface area contributed by atoms with Crippen molar-refractivity contribution in [2.24, 2.45) is 0 Å². The Labute approximate surface area is 112 Å². The van der Waals surface area contributed by atoms with Crippen molar-refractivity contribution < 1.29 is 9.47 Å². The Morgan fingerprint density at radius 2 is 2.11 bits per heavy atom. The normalized spacial score (nSPS) is 21.9. The van der Waals surface area contributed by atoms with E-state index in [0.717, 1.165) is 5.69 Å². The van der Waals surface area contributed by atoms with Crippen LogP contribution in [0.3, 0.4) is 0 Å². The molecule has 0 fully saturated rings. The first-order chi connectivity index (χ1) is 9.42. The van der Waals surface area contributed by atoms with Crippen molar-refractivity contribution in [3.63, 3.8) is 0 Å². The first-order valence-corrected chi connectivity index (χ1v) is 6.35. The second kappa shape index (κ2) is 5.82. The highest BCUT2D eigenvalue weighted by Gasteiger charge is 2.21. The van der Waals surface area contributed by atoms with Gasteiger partial charge >= 0.3 is 0 Å². The summed E-state index contributed by atoms with van der Waals surface area (Å²) in [5, 5.41) is 0. The van der Waals surface area contributed by atoms with E-state index in [1.165, 1.54) is 5.56 Å². The van der Waals surface area contributed by atoms with E-state index in [4.69, 9.17) is 9.47 Å². The molecule has 0 amide bonds. The minimum absolute atomic E-state index is 0.0111. The number of aromatic amines is 1. The van der Waals surface area contributed by atoms with Crippen molar-refractivity contribution in [1.29, 1.82) is 0 Å². The van der Waals surface area contributed by atoms with E-state index in [0.29, 0.717) is 13.2 Å². The van der Waals surface area contributed by atoms with Gasteiger partial charge in [0, 0.05) is 0 Å². The third-order valence-corrected chi connectivity index (χ3v) is 3.04. The number of imidazole rings is 1. The van der Waals surface area contributed by atoms with Crippen LogP contribution in [0.5, 0.6) is 0 Å². The van der Waals surface area contributed by atoms with Crippen LogP contribution in [-0.2, 0) is 16.1 Å². The minimum atomic E-state index is -0.0344. The van der Waals surface area contributed by atoms with E-state index in [1.807, 2.05) is 30.4 Å². The number of H-pyrrole nitrogens is 1. The fourth-order valence-electron chi connectivity index (χ4n) is 2.07. The zero-order chi connectivity index (χ0) is 12.9. The van der Waals surface area contributed by atoms with Gasteiger partial charge in [-0.1, -0.05) is 42.5 Å². The van der Waals surface area contributed by atoms with E-state index in [1.54, 1.807) is 12.5 Å². The van der Waals surface area contributed by atoms with E-state index in [9.17, 15) is 0 Å². The van der Waals surface area contributed by atoms with E-state index >= 15 is 0 Å². The predicted octanol–water partition coefficient (Wildman–Crippen LogP) is 2.62. The Balaban J connectivity index is 1.44. The quantitative estimate of drug-likeness (QED) is 0.836. The van der Waals surface area contributed by atoms with E-state index in [2.05, 4.69) is 22.1 Å². The van der Waals surface area contributed by atoms with Crippen molar-refractivity contribution in [2.45, 2.75) is 18.8 Å². The highest BCUT2D eigenvalue weighted by molar-refractivity contribution is 5.15. The molecule has 1 aromatic heterocycles. The maximum absolute atomic E-state index is 5.84. The van der Waals surface area contributed by atoms with Gasteiger partial charge in [0.2, 0.25) is 0 Å². The lowest BCUT2D eigenvalue weighted by atomic mass is 10.2. The molecular formula is C15H16N2O2. The van der Waals surface area contributed by atoms with Gasteiger partial charge in [0.1, 0.15) is 12.2 Å². The van der Waals surface area contributed by atoms with Crippen LogP contribution in [-0.4, -0.2) is 22.7 Å². The molecule has 0 saturated heterocycles. The predicted molar refractivity (Wildman–Crippen MR) is 71.4 cm³/mol. The van der Waals surface area contributed by atoms with Crippen molar-refractivity contribution in [3.8, 4) is 0 Å². The molecule has 0 aliphatic carbocycles. The molecule has 1 aromatic carbocycles. The topological polar surface area (TPSA) is 47.1 Å². The average molecular weight is 256 g/mol. The Bertz CT molecular complexity index is 522. The van der Waals surface area contributed by atoms with Crippen LogP contribution in [0.4, 0.5) is 0 Å². The van der Waals surface area contributed by atoms with E-state index in [-0.39, 0.29) is 12.2 Å². The van der Waals surface area contributed by atoms with Gasteiger partial charge in [0.05, 0.1) is 31.4 Å². The van der Waals surface area contributed by atoms with Gasteiger partial charge in [0.15, 0.2) is 0 Å². The molecule has 4 nitrogen and oxygen atoms in total. The summed E-state index contributed by atoms with van der Waals surface area (Å²) in [5.74, 6) is 0. The van der Waals surface area contributed by atoms with Crippen molar-refractivity contribution >= 4 is 0 Å². The number of rotatable bonds is 5. The molecule has 0 spiro atoms. The molecule has 0 saturated carbocycles. The maximum atomic E-state index is 5.84. The van der Waals surface area contributed by atoms with Crippen LogP contribution in [0.25, 0.3) is 0 Å². The number of nitrogens with zero attached hydrogens (tertiary/aromatic N) is 1. The first-order valence-electron chi connectivity index (χ1n) is 6.35. The minimum Gasteiger partial charge on any atom is -0.374 e. The molecule has 1 N–H and O–H groups in total. The van der Waals surface area contributed by atoms with Gasteiger partial charge in [-0.05, 0) is 5.56 Å². The van der Waals surface area contributed by atoms with Crippen LogP contribution in [0.1, 0.15) is 17.4 Å². The van der Waals surface area contributed by atoms with Crippen LogP contribution in [0.15, 0.2) is 55.0 Å². The van der Waals surface area contributed by atoms with Crippen LogP contribution in [0, 0.1) is 0 Å². The van der Waals surface area contributed by atoms with Gasteiger partial charge in [-0.2, -0.15) is 0 Å². The SMILES string of the molecule is C1=C[C@@H](COCc2ccccc2)O[C@@H]1c1cnc[nH]1. The Hall–Kier alpha value is -1.91. The molecule has 3 rings (SSSR count). The largest absolute Gasteiger partial charge is 0.374 e. The summed E-state index contributed by atoms with van der Waals surface area (Å²) >= 11 is 0. The Morgan fingerprint density at radius 3 is 2.89 bits per heavy atom. The zero-order valence-corrected chi connectivity index (χ0v) is 10.5. The van der Waals surface area contributed by atoms with Gasteiger partial charge in [0.25, 0.3) is 0 Å². The summed E-state index contributed by atoms with van der Waals surface area (Å²) < 4.78 is 11.5. The zero-order valence-electron chi connectivity index (χ0n) is 10.5. The summed E-state index contributed by atoms with van der Waals surface area (Å²) in [6, 6.07) is 10.1. The summed E-state index contributed by atoms with van der Waals surface area (Å²) in [4.78, 5) is 7.05. The maximum Gasteiger partial charge on any atom is 0.118 e. The summed E-state index contributed by atoms with van der Waals surface area (Å²) in [5.41, 5.74) is 2.15. The smallest absolute Gasteiger partial charge is 0.118 e. The molecule has 2 atom stereocenters. The third-order valence-electron chi connectivity index (χ3n) is 3.04. The lowest BCUT2D eigenvalue weighted by Crippen LogP contribution is -2.15. The monoisotopic (exact) mass is 256 g/mol. The second-order valence-corrected chi connectivity index (χ2v) is 4.49. The lowest BCUT2D eigenvalue weighted by Gasteiger charge is -2.13. The lowest BCUT2D eigenvalue weighted by molar-refractivity contribution is -0.00993. The molecule has 2 aromatic rings. The van der Waals surface area contributed by atoms with Crippen molar-refractivity contribution in [2.75, 3.05) is 6.61 Å². The fourth-order valence-corrected chi connectivity index (χ4v) is 2.07. The molecule has 4 heteroatoms. The highest BCUT2D eigenvalue weighted by Crippen LogP contribution is 2.24. The van der Waals surface area contributed by atoms with Crippen molar-refractivity contribution in [3.05, 3.63) is 66.3 Å². The Morgan fingerprint density at radius 1 is 1.21 bits per heavy atom. The molecule has 1 aliphatic rings. The Kier molecular flexibility index (Phi) is 3.72. The molecule has 2 heterocycles. The molecular weight excluding hydrogens is 240 g/mol. The number of hydrogen-bond acceptors (Lipinski definition) is 3. The number of benzene rings is 1. The molecule has 0 unspecified atom stereocenters.